The van der Waals surface area contributed by atoms with Crippen LogP contribution in [0.25, 0.3) is 0 Å². The van der Waals surface area contributed by atoms with Gasteiger partial charge in [-0.1, -0.05) is 12.1 Å². The summed E-state index contributed by atoms with van der Waals surface area (Å²) in [5.41, 5.74) is 0.274. The van der Waals surface area contributed by atoms with Crippen LogP contribution in [-0.2, 0) is 15.8 Å². The molecule has 0 amide bonds. The van der Waals surface area contributed by atoms with Crippen molar-refractivity contribution in [3.8, 4) is 0 Å². The normalized spacial score (nSPS) is 12.7. The van der Waals surface area contributed by atoms with Crippen LogP contribution in [0.15, 0.2) is 24.3 Å². The van der Waals surface area contributed by atoms with Crippen molar-refractivity contribution in [2.45, 2.75) is 11.7 Å². The predicted molar refractivity (Wildman–Crippen MR) is 59.1 cm³/mol. The quantitative estimate of drug-likeness (QED) is 0.814. The van der Waals surface area contributed by atoms with E-state index in [0.29, 0.717) is 0 Å². The van der Waals surface area contributed by atoms with Gasteiger partial charge in [-0.2, -0.15) is 0 Å². The van der Waals surface area contributed by atoms with Crippen molar-refractivity contribution in [1.29, 1.82) is 0 Å². The topological polar surface area (TPSA) is 66.4 Å². The van der Waals surface area contributed by atoms with E-state index < -0.39 is 40.7 Å². The van der Waals surface area contributed by atoms with Gasteiger partial charge >= 0.3 is 0 Å². The Morgan fingerprint density at radius 1 is 1.22 bits per heavy atom. The number of alkyl halides is 2. The molecule has 0 fully saturated rings. The van der Waals surface area contributed by atoms with Crippen molar-refractivity contribution in [3.63, 3.8) is 0 Å². The summed E-state index contributed by atoms with van der Waals surface area (Å²) in [4.78, 5) is 0. The molecule has 1 aromatic rings. The van der Waals surface area contributed by atoms with Gasteiger partial charge in [-0.05, 0) is 17.7 Å². The summed E-state index contributed by atoms with van der Waals surface area (Å²) < 4.78 is 62.4. The Kier molecular flexibility index (Phi) is 4.71. The van der Waals surface area contributed by atoms with E-state index in [-0.39, 0.29) is 5.56 Å². The van der Waals surface area contributed by atoms with Crippen LogP contribution >= 0.6 is 0 Å². The van der Waals surface area contributed by atoms with E-state index >= 15 is 0 Å². The first-order valence-corrected chi connectivity index (χ1v) is 6.60. The van der Waals surface area contributed by atoms with Crippen LogP contribution in [0, 0.1) is 5.82 Å². The molecule has 0 bridgehead atoms. The van der Waals surface area contributed by atoms with Crippen LogP contribution in [0.2, 0.25) is 0 Å². The minimum Gasteiger partial charge on any atom is -0.390 e. The standard InChI is InChI=1S/C10H12F3NO3S/c11-9-3-1-8(2-4-9)5-18(16,17)14-6-10(12,13)7-15/h1-4,14-15H,5-7H2. The highest BCUT2D eigenvalue weighted by Crippen LogP contribution is 2.12. The first-order valence-electron chi connectivity index (χ1n) is 4.94. The summed E-state index contributed by atoms with van der Waals surface area (Å²) in [6, 6.07) is 4.65. The smallest absolute Gasteiger partial charge is 0.283 e. The average molecular weight is 283 g/mol. The maximum Gasteiger partial charge on any atom is 0.283 e. The number of aliphatic hydroxyl groups is 1. The third-order valence-corrected chi connectivity index (χ3v) is 3.35. The van der Waals surface area contributed by atoms with Gasteiger partial charge in [0.2, 0.25) is 10.0 Å². The van der Waals surface area contributed by atoms with Gasteiger partial charge in [-0.3, -0.25) is 0 Å². The molecular weight excluding hydrogens is 271 g/mol. The SMILES string of the molecule is O=S(=O)(Cc1ccc(F)cc1)NCC(F)(F)CO. The molecule has 102 valence electrons. The van der Waals surface area contributed by atoms with Crippen LogP contribution in [0.5, 0.6) is 0 Å². The molecule has 0 aromatic heterocycles. The summed E-state index contributed by atoms with van der Waals surface area (Å²) in [7, 11) is -3.95. The zero-order chi connectivity index (χ0) is 13.8. The highest BCUT2D eigenvalue weighted by molar-refractivity contribution is 7.88. The largest absolute Gasteiger partial charge is 0.390 e. The van der Waals surface area contributed by atoms with E-state index in [4.69, 9.17) is 5.11 Å². The number of sulfonamides is 1. The van der Waals surface area contributed by atoms with Gasteiger partial charge in [0.05, 0.1) is 12.3 Å². The van der Waals surface area contributed by atoms with Crippen LogP contribution in [-0.4, -0.2) is 32.6 Å². The minimum absolute atomic E-state index is 0.274. The lowest BCUT2D eigenvalue weighted by Gasteiger charge is -2.14. The van der Waals surface area contributed by atoms with Crippen molar-refractivity contribution in [2.75, 3.05) is 13.2 Å². The van der Waals surface area contributed by atoms with Gasteiger partial charge in [0.15, 0.2) is 0 Å². The molecule has 0 aliphatic carbocycles. The lowest BCUT2D eigenvalue weighted by Crippen LogP contribution is -2.39. The van der Waals surface area contributed by atoms with Gasteiger partial charge < -0.3 is 5.11 Å². The van der Waals surface area contributed by atoms with Gasteiger partial charge in [0.25, 0.3) is 5.92 Å². The van der Waals surface area contributed by atoms with Crippen molar-refractivity contribution < 1.29 is 26.7 Å². The molecule has 0 radical (unpaired) electrons. The third-order valence-electron chi connectivity index (χ3n) is 2.05. The van der Waals surface area contributed by atoms with Crippen molar-refractivity contribution in [3.05, 3.63) is 35.6 Å². The summed E-state index contributed by atoms with van der Waals surface area (Å²) in [5, 5.41) is 8.28. The molecule has 0 atom stereocenters. The second kappa shape index (κ2) is 5.68. The number of benzene rings is 1. The predicted octanol–water partition coefficient (Wildman–Crippen LogP) is 0.873. The molecule has 2 N–H and O–H groups in total. The van der Waals surface area contributed by atoms with E-state index in [1.165, 1.54) is 12.1 Å². The second-order valence-electron chi connectivity index (χ2n) is 3.72. The Morgan fingerprint density at radius 3 is 2.28 bits per heavy atom. The van der Waals surface area contributed by atoms with Crippen molar-refractivity contribution >= 4 is 10.0 Å². The Balaban J connectivity index is 2.63. The summed E-state index contributed by atoms with van der Waals surface area (Å²) in [6.07, 6.45) is 0. The van der Waals surface area contributed by atoms with E-state index in [2.05, 4.69) is 0 Å². The zero-order valence-electron chi connectivity index (χ0n) is 9.24. The third kappa shape index (κ3) is 5.03. The van der Waals surface area contributed by atoms with Crippen LogP contribution in [0.1, 0.15) is 5.56 Å². The van der Waals surface area contributed by atoms with Crippen LogP contribution in [0.4, 0.5) is 13.2 Å². The Hall–Kier alpha value is -1.12. The monoisotopic (exact) mass is 283 g/mol. The van der Waals surface area contributed by atoms with Crippen LogP contribution < -0.4 is 4.72 Å². The van der Waals surface area contributed by atoms with E-state index in [1.807, 2.05) is 0 Å². The molecule has 0 aliphatic rings. The molecule has 1 aromatic carbocycles. The minimum atomic E-state index is -3.95. The van der Waals surface area contributed by atoms with Crippen LogP contribution in [0.3, 0.4) is 0 Å². The molecule has 0 saturated carbocycles. The first kappa shape index (κ1) is 14.9. The molecule has 0 spiro atoms. The summed E-state index contributed by atoms with van der Waals surface area (Å²) in [6.45, 7) is -2.61. The molecule has 0 saturated heterocycles. The summed E-state index contributed by atoms with van der Waals surface area (Å²) >= 11 is 0. The van der Waals surface area contributed by atoms with E-state index in [9.17, 15) is 21.6 Å². The van der Waals surface area contributed by atoms with E-state index in [1.54, 1.807) is 4.72 Å². The molecule has 18 heavy (non-hydrogen) atoms. The van der Waals surface area contributed by atoms with Crippen molar-refractivity contribution in [1.82, 2.24) is 4.72 Å². The molecule has 0 heterocycles. The average Bonchev–Trinajstić information content (AvgIpc) is 2.30. The van der Waals surface area contributed by atoms with Crippen molar-refractivity contribution in [2.24, 2.45) is 0 Å². The number of rotatable bonds is 6. The fraction of sp³-hybridized carbons (Fsp3) is 0.400. The molecular formula is C10H12F3NO3S. The number of aliphatic hydroxyl groups excluding tert-OH is 1. The molecule has 4 nitrogen and oxygen atoms in total. The molecule has 0 unspecified atom stereocenters. The van der Waals surface area contributed by atoms with Gasteiger partial charge in [0.1, 0.15) is 12.4 Å². The van der Waals surface area contributed by atoms with Gasteiger partial charge in [-0.15, -0.1) is 0 Å². The molecule has 1 rings (SSSR count). The summed E-state index contributed by atoms with van der Waals surface area (Å²) in [5.74, 6) is -4.55. The Bertz CT molecular complexity index is 488. The number of hydrogen-bond donors (Lipinski definition) is 2. The van der Waals surface area contributed by atoms with Gasteiger partial charge in [0, 0.05) is 0 Å². The number of hydrogen-bond acceptors (Lipinski definition) is 3. The Labute approximate surface area is 102 Å². The fourth-order valence-electron chi connectivity index (χ4n) is 1.12. The van der Waals surface area contributed by atoms with Gasteiger partial charge in [-0.25, -0.2) is 26.3 Å². The fourth-order valence-corrected chi connectivity index (χ4v) is 2.29. The maximum absolute atomic E-state index is 12.6. The first-order chi connectivity index (χ1) is 8.24. The molecule has 0 aliphatic heterocycles. The second-order valence-corrected chi connectivity index (χ2v) is 5.53. The highest BCUT2D eigenvalue weighted by atomic mass is 32.2. The lowest BCUT2D eigenvalue weighted by atomic mass is 10.2. The number of halogens is 3. The Morgan fingerprint density at radius 2 is 1.78 bits per heavy atom. The zero-order valence-corrected chi connectivity index (χ0v) is 10.1. The maximum atomic E-state index is 12.6. The number of nitrogens with one attached hydrogen (secondary N) is 1. The lowest BCUT2D eigenvalue weighted by molar-refractivity contribution is -0.0437. The highest BCUT2D eigenvalue weighted by Gasteiger charge is 2.29. The van der Waals surface area contributed by atoms with E-state index in [0.717, 1.165) is 12.1 Å². The molecule has 8 heteroatoms.